The lowest BCUT2D eigenvalue weighted by molar-refractivity contribution is -0.137. The van der Waals surface area contributed by atoms with Gasteiger partial charge in [0.25, 0.3) is 5.91 Å². The van der Waals surface area contributed by atoms with Crippen LogP contribution in [-0.2, 0) is 4.79 Å². The highest BCUT2D eigenvalue weighted by Gasteiger charge is 2.30. The van der Waals surface area contributed by atoms with Gasteiger partial charge in [0.1, 0.15) is 11.6 Å². The van der Waals surface area contributed by atoms with Crippen LogP contribution >= 0.6 is 0 Å². The second-order valence-electron chi connectivity index (χ2n) is 6.49. The van der Waals surface area contributed by atoms with Gasteiger partial charge >= 0.3 is 0 Å². The van der Waals surface area contributed by atoms with E-state index in [9.17, 15) is 4.79 Å². The molecule has 1 aliphatic rings. The molecular formula is C20H21N5O2. The molecule has 1 N–H and O–H groups in total. The lowest BCUT2D eigenvalue weighted by atomic mass is 10.0. The summed E-state index contributed by atoms with van der Waals surface area (Å²) >= 11 is 0. The van der Waals surface area contributed by atoms with Gasteiger partial charge < -0.3 is 9.64 Å². The molecule has 3 aromatic rings. The maximum absolute atomic E-state index is 12.8. The normalized spacial score (nSPS) is 16.9. The monoisotopic (exact) mass is 363 g/mol. The van der Waals surface area contributed by atoms with Crippen molar-refractivity contribution in [1.29, 1.82) is 0 Å². The first-order valence-electron chi connectivity index (χ1n) is 9.11. The van der Waals surface area contributed by atoms with E-state index in [2.05, 4.69) is 20.2 Å². The Kier molecular flexibility index (Phi) is 5.09. The zero-order chi connectivity index (χ0) is 18.5. The summed E-state index contributed by atoms with van der Waals surface area (Å²) < 4.78 is 5.63. The van der Waals surface area contributed by atoms with Gasteiger partial charge in [-0.1, -0.05) is 18.2 Å². The molecule has 0 aliphatic carbocycles. The summed E-state index contributed by atoms with van der Waals surface area (Å²) in [5, 5.41) is 7.31. The third-order valence-electron chi connectivity index (χ3n) is 4.67. The number of carbonyl (C=O) groups is 1. The Hall–Kier alpha value is -3.22. The number of H-pyrrole nitrogens is 1. The minimum absolute atomic E-state index is 0.0180. The molecule has 4 rings (SSSR count). The molecule has 27 heavy (non-hydrogen) atoms. The number of amides is 1. The fourth-order valence-corrected chi connectivity index (χ4v) is 3.31. The first kappa shape index (κ1) is 17.2. The number of nitrogens with one attached hydrogen (secondary N) is 1. The molecule has 1 aliphatic heterocycles. The highest BCUT2D eigenvalue weighted by atomic mass is 16.5. The summed E-state index contributed by atoms with van der Waals surface area (Å²) in [6.45, 7) is 0.717. The molecule has 1 unspecified atom stereocenters. The molecule has 1 amide bonds. The molecular weight excluding hydrogens is 342 g/mol. The number of rotatable bonds is 5. The van der Waals surface area contributed by atoms with E-state index < -0.39 is 0 Å². The first-order chi connectivity index (χ1) is 13.3. The summed E-state index contributed by atoms with van der Waals surface area (Å²) in [6.07, 6.45) is 6.34. The van der Waals surface area contributed by atoms with E-state index in [0.29, 0.717) is 23.9 Å². The third-order valence-corrected chi connectivity index (χ3v) is 4.67. The highest BCUT2D eigenvalue weighted by Crippen LogP contribution is 2.30. The maximum Gasteiger partial charge on any atom is 0.261 e. The SMILES string of the molecule is O=C(COc1ccccc1)N1CCCCC1c1nc(-c2cccnc2)n[nH]1. The minimum Gasteiger partial charge on any atom is -0.484 e. The summed E-state index contributed by atoms with van der Waals surface area (Å²) in [7, 11) is 0. The van der Waals surface area contributed by atoms with Gasteiger partial charge in [0, 0.05) is 24.5 Å². The first-order valence-corrected chi connectivity index (χ1v) is 9.11. The number of piperidine rings is 1. The Morgan fingerprint density at radius 1 is 1.19 bits per heavy atom. The molecule has 1 atom stereocenters. The van der Waals surface area contributed by atoms with Crippen molar-refractivity contribution >= 4 is 5.91 Å². The van der Waals surface area contributed by atoms with Crippen molar-refractivity contribution in [3.05, 3.63) is 60.7 Å². The van der Waals surface area contributed by atoms with Crippen molar-refractivity contribution in [3.63, 3.8) is 0 Å². The number of para-hydroxylation sites is 1. The maximum atomic E-state index is 12.8. The standard InChI is InChI=1S/C20H21N5O2/c26-18(14-27-16-8-2-1-3-9-16)25-12-5-4-10-17(25)20-22-19(23-24-20)15-7-6-11-21-13-15/h1-3,6-9,11,13,17H,4-5,10,12,14H2,(H,22,23,24). The molecule has 0 spiro atoms. The van der Waals surface area contributed by atoms with E-state index >= 15 is 0 Å². The number of benzene rings is 1. The van der Waals surface area contributed by atoms with Gasteiger partial charge in [-0.2, -0.15) is 5.10 Å². The van der Waals surface area contributed by atoms with E-state index in [4.69, 9.17) is 4.74 Å². The fraction of sp³-hybridized carbons (Fsp3) is 0.300. The van der Waals surface area contributed by atoms with Crippen LogP contribution in [0.4, 0.5) is 0 Å². The number of hydrogen-bond acceptors (Lipinski definition) is 5. The lowest BCUT2D eigenvalue weighted by Crippen LogP contribution is -2.41. The minimum atomic E-state index is -0.108. The van der Waals surface area contributed by atoms with Crippen molar-refractivity contribution in [3.8, 4) is 17.1 Å². The quantitative estimate of drug-likeness (QED) is 0.753. The number of aromatic nitrogens is 4. The van der Waals surface area contributed by atoms with Crippen LogP contribution in [-0.4, -0.2) is 44.1 Å². The topological polar surface area (TPSA) is 84.0 Å². The van der Waals surface area contributed by atoms with Crippen molar-refractivity contribution in [2.45, 2.75) is 25.3 Å². The Balaban J connectivity index is 1.47. The zero-order valence-corrected chi connectivity index (χ0v) is 14.9. The Bertz CT molecular complexity index is 882. The lowest BCUT2D eigenvalue weighted by Gasteiger charge is -2.34. The average molecular weight is 363 g/mol. The fourth-order valence-electron chi connectivity index (χ4n) is 3.31. The van der Waals surface area contributed by atoms with Crippen LogP contribution in [0.5, 0.6) is 5.75 Å². The highest BCUT2D eigenvalue weighted by molar-refractivity contribution is 5.78. The van der Waals surface area contributed by atoms with Gasteiger partial charge in [0.2, 0.25) is 0 Å². The molecule has 1 fully saturated rings. The molecule has 0 radical (unpaired) electrons. The van der Waals surface area contributed by atoms with Crippen molar-refractivity contribution in [2.75, 3.05) is 13.2 Å². The Morgan fingerprint density at radius 2 is 2.07 bits per heavy atom. The van der Waals surface area contributed by atoms with Crippen LogP contribution in [0.15, 0.2) is 54.9 Å². The second-order valence-corrected chi connectivity index (χ2v) is 6.49. The van der Waals surface area contributed by atoms with Crippen LogP contribution in [0.3, 0.4) is 0 Å². The molecule has 1 saturated heterocycles. The molecule has 7 nitrogen and oxygen atoms in total. The van der Waals surface area contributed by atoms with Crippen molar-refractivity contribution in [2.24, 2.45) is 0 Å². The van der Waals surface area contributed by atoms with Gasteiger partial charge in [-0.05, 0) is 43.5 Å². The largest absolute Gasteiger partial charge is 0.484 e. The molecule has 3 heterocycles. The average Bonchev–Trinajstić information content (AvgIpc) is 3.23. The van der Waals surface area contributed by atoms with E-state index in [0.717, 1.165) is 24.8 Å². The van der Waals surface area contributed by atoms with Crippen LogP contribution in [0.25, 0.3) is 11.4 Å². The summed E-state index contributed by atoms with van der Waals surface area (Å²) in [6, 6.07) is 13.0. The Labute approximate surface area is 157 Å². The predicted octanol–water partition coefficient (Wildman–Crippen LogP) is 3.00. The zero-order valence-electron chi connectivity index (χ0n) is 14.9. The van der Waals surface area contributed by atoms with Gasteiger partial charge in [0.05, 0.1) is 6.04 Å². The molecule has 138 valence electrons. The number of nitrogens with zero attached hydrogens (tertiary/aromatic N) is 4. The number of ether oxygens (including phenoxy) is 1. The van der Waals surface area contributed by atoms with E-state index in [1.165, 1.54) is 0 Å². The smallest absolute Gasteiger partial charge is 0.261 e. The molecule has 0 bridgehead atoms. The number of likely N-dealkylation sites (tertiary alicyclic amines) is 1. The molecule has 1 aromatic carbocycles. The van der Waals surface area contributed by atoms with Crippen molar-refractivity contribution in [1.82, 2.24) is 25.1 Å². The van der Waals surface area contributed by atoms with E-state index in [1.54, 1.807) is 12.4 Å². The molecule has 0 saturated carbocycles. The predicted molar refractivity (Wildman–Crippen MR) is 99.9 cm³/mol. The van der Waals surface area contributed by atoms with Crippen LogP contribution in [0.2, 0.25) is 0 Å². The van der Waals surface area contributed by atoms with Crippen LogP contribution < -0.4 is 4.74 Å². The number of carbonyl (C=O) groups excluding carboxylic acids is 1. The summed E-state index contributed by atoms with van der Waals surface area (Å²) in [5.41, 5.74) is 0.848. The van der Waals surface area contributed by atoms with Crippen molar-refractivity contribution < 1.29 is 9.53 Å². The number of hydrogen-bond donors (Lipinski definition) is 1. The van der Waals surface area contributed by atoms with Gasteiger partial charge in [-0.15, -0.1) is 0 Å². The molecule has 2 aromatic heterocycles. The summed E-state index contributed by atoms with van der Waals surface area (Å²) in [4.78, 5) is 23.3. The van der Waals surface area contributed by atoms with Gasteiger partial charge in [-0.3, -0.25) is 14.9 Å². The number of pyridine rings is 1. The molecule has 7 heteroatoms. The third kappa shape index (κ3) is 3.97. The van der Waals surface area contributed by atoms with E-state index in [-0.39, 0.29) is 18.6 Å². The Morgan fingerprint density at radius 3 is 2.89 bits per heavy atom. The number of aromatic amines is 1. The van der Waals surface area contributed by atoms with E-state index in [1.807, 2.05) is 47.4 Å². The summed E-state index contributed by atoms with van der Waals surface area (Å²) in [5.74, 6) is 1.96. The van der Waals surface area contributed by atoms with Crippen LogP contribution in [0.1, 0.15) is 31.1 Å². The van der Waals surface area contributed by atoms with Crippen LogP contribution in [0, 0.1) is 0 Å². The van der Waals surface area contributed by atoms with Gasteiger partial charge in [0.15, 0.2) is 12.4 Å². The van der Waals surface area contributed by atoms with Gasteiger partial charge in [-0.25, -0.2) is 4.98 Å². The second kappa shape index (κ2) is 7.99.